The van der Waals surface area contributed by atoms with Gasteiger partial charge in [-0.05, 0) is 19.1 Å². The fourth-order valence-electron chi connectivity index (χ4n) is 2.50. The molecular formula is C16H12ClN5O2S. The lowest BCUT2D eigenvalue weighted by molar-refractivity contribution is 0.102. The summed E-state index contributed by atoms with van der Waals surface area (Å²) in [6.45, 7) is 1.87. The number of hydrogen-bond donors (Lipinski definition) is 1. The standard InChI is InChI=1S/C16H12ClN5O2S/c1-8-7-10(22(2)21-8)15-19-20-16(24-15)18-14(23)13-12(17)9-5-3-4-6-11(9)25-13/h3-7H,1-2H3,(H,18,20,23). The molecule has 9 heteroatoms. The van der Waals surface area contributed by atoms with Gasteiger partial charge < -0.3 is 4.42 Å². The first kappa shape index (κ1) is 15.8. The largest absolute Gasteiger partial charge is 0.401 e. The normalized spacial score (nSPS) is 11.2. The quantitative estimate of drug-likeness (QED) is 0.588. The van der Waals surface area contributed by atoms with Gasteiger partial charge in [-0.1, -0.05) is 34.9 Å². The highest BCUT2D eigenvalue weighted by Crippen LogP contribution is 2.35. The number of nitrogens with zero attached hydrogens (tertiary/aromatic N) is 4. The molecule has 0 atom stereocenters. The first-order valence-corrected chi connectivity index (χ1v) is 8.55. The van der Waals surface area contributed by atoms with Crippen LogP contribution in [0.4, 0.5) is 6.01 Å². The van der Waals surface area contributed by atoms with Crippen molar-refractivity contribution in [2.45, 2.75) is 6.92 Å². The molecule has 7 nitrogen and oxygen atoms in total. The van der Waals surface area contributed by atoms with Crippen molar-refractivity contribution in [1.82, 2.24) is 20.0 Å². The monoisotopic (exact) mass is 373 g/mol. The highest BCUT2D eigenvalue weighted by molar-refractivity contribution is 7.21. The Morgan fingerprint density at radius 1 is 1.32 bits per heavy atom. The number of anilines is 1. The van der Waals surface area contributed by atoms with Crippen LogP contribution in [0.25, 0.3) is 21.7 Å². The molecule has 0 radical (unpaired) electrons. The van der Waals surface area contributed by atoms with Crippen LogP contribution in [0.15, 0.2) is 34.7 Å². The van der Waals surface area contributed by atoms with Crippen molar-refractivity contribution >= 4 is 44.9 Å². The number of halogens is 1. The number of aromatic nitrogens is 4. The van der Waals surface area contributed by atoms with Crippen LogP contribution in [0.5, 0.6) is 0 Å². The van der Waals surface area contributed by atoms with Gasteiger partial charge in [-0.3, -0.25) is 14.8 Å². The van der Waals surface area contributed by atoms with Crippen LogP contribution in [0.3, 0.4) is 0 Å². The second-order valence-electron chi connectivity index (χ2n) is 5.40. The zero-order chi connectivity index (χ0) is 17.6. The number of carbonyl (C=O) groups excluding carboxylic acids is 1. The number of nitrogens with one attached hydrogen (secondary N) is 1. The molecule has 0 fully saturated rings. The summed E-state index contributed by atoms with van der Waals surface area (Å²) in [6.07, 6.45) is 0. The van der Waals surface area contributed by atoms with Crippen molar-refractivity contribution in [1.29, 1.82) is 0 Å². The predicted octanol–water partition coefficient (Wildman–Crippen LogP) is 3.90. The average molecular weight is 374 g/mol. The topological polar surface area (TPSA) is 85.8 Å². The van der Waals surface area contributed by atoms with E-state index < -0.39 is 0 Å². The molecule has 4 rings (SSSR count). The van der Waals surface area contributed by atoms with Crippen molar-refractivity contribution in [3.8, 4) is 11.6 Å². The second-order valence-corrected chi connectivity index (χ2v) is 6.83. The smallest absolute Gasteiger partial charge is 0.322 e. The Morgan fingerprint density at radius 3 is 2.84 bits per heavy atom. The van der Waals surface area contributed by atoms with Gasteiger partial charge >= 0.3 is 6.01 Å². The first-order valence-electron chi connectivity index (χ1n) is 7.36. The molecule has 126 valence electrons. The Bertz CT molecular complexity index is 1100. The first-order chi connectivity index (χ1) is 12.0. The summed E-state index contributed by atoms with van der Waals surface area (Å²) in [7, 11) is 1.78. The lowest BCUT2D eigenvalue weighted by Gasteiger charge is -1.98. The van der Waals surface area contributed by atoms with Crippen molar-refractivity contribution in [3.05, 3.63) is 45.9 Å². The van der Waals surface area contributed by atoms with Gasteiger partial charge in [-0.25, -0.2) is 0 Å². The maximum Gasteiger partial charge on any atom is 0.322 e. The Labute approximate surface area is 151 Å². The van der Waals surface area contributed by atoms with E-state index in [-0.39, 0.29) is 17.8 Å². The van der Waals surface area contributed by atoms with Gasteiger partial charge in [0.1, 0.15) is 10.6 Å². The van der Waals surface area contributed by atoms with E-state index >= 15 is 0 Å². The van der Waals surface area contributed by atoms with Gasteiger partial charge in [0.25, 0.3) is 11.8 Å². The molecule has 0 saturated carbocycles. The third-order valence-electron chi connectivity index (χ3n) is 3.61. The molecule has 0 saturated heterocycles. The number of amides is 1. The summed E-state index contributed by atoms with van der Waals surface area (Å²) < 4.78 is 8.09. The summed E-state index contributed by atoms with van der Waals surface area (Å²) in [5.41, 5.74) is 1.50. The van der Waals surface area contributed by atoms with E-state index in [1.807, 2.05) is 37.3 Å². The zero-order valence-corrected chi connectivity index (χ0v) is 14.9. The molecule has 1 amide bonds. The van der Waals surface area contributed by atoms with Gasteiger partial charge in [0.05, 0.1) is 10.7 Å². The summed E-state index contributed by atoms with van der Waals surface area (Å²) in [5, 5.41) is 15.9. The molecule has 1 aromatic carbocycles. The molecule has 3 heterocycles. The van der Waals surface area contributed by atoms with E-state index in [9.17, 15) is 4.79 Å². The minimum absolute atomic E-state index is 0.00683. The number of fused-ring (bicyclic) bond motifs is 1. The molecule has 4 aromatic rings. The van der Waals surface area contributed by atoms with Crippen LogP contribution in [0, 0.1) is 6.92 Å². The number of carbonyl (C=O) groups is 1. The van der Waals surface area contributed by atoms with Crippen LogP contribution in [-0.2, 0) is 7.05 Å². The number of thiophene rings is 1. The highest BCUT2D eigenvalue weighted by Gasteiger charge is 2.20. The van der Waals surface area contributed by atoms with Crippen molar-refractivity contribution in [2.24, 2.45) is 7.05 Å². The van der Waals surface area contributed by atoms with Gasteiger partial charge in [0.2, 0.25) is 0 Å². The maximum absolute atomic E-state index is 12.5. The number of hydrogen-bond acceptors (Lipinski definition) is 6. The molecule has 1 N–H and O–H groups in total. The number of rotatable bonds is 3. The SMILES string of the molecule is Cc1cc(-c2nnc(NC(=O)c3sc4ccccc4c3Cl)o2)n(C)n1. The van der Waals surface area contributed by atoms with Crippen LogP contribution in [-0.4, -0.2) is 25.9 Å². The van der Waals surface area contributed by atoms with Crippen LogP contribution >= 0.6 is 22.9 Å². The average Bonchev–Trinajstić information content (AvgIpc) is 3.26. The van der Waals surface area contributed by atoms with Crippen LogP contribution in [0.1, 0.15) is 15.4 Å². The third kappa shape index (κ3) is 2.79. The van der Waals surface area contributed by atoms with Gasteiger partial charge in [0.15, 0.2) is 0 Å². The van der Waals surface area contributed by atoms with Crippen LogP contribution < -0.4 is 5.32 Å². The molecule has 0 aliphatic rings. The summed E-state index contributed by atoms with van der Waals surface area (Å²) in [6, 6.07) is 9.40. The van der Waals surface area contributed by atoms with Crippen molar-refractivity contribution in [2.75, 3.05) is 5.32 Å². The summed E-state index contributed by atoms with van der Waals surface area (Å²) in [4.78, 5) is 12.9. The van der Waals surface area contributed by atoms with Gasteiger partial charge in [0, 0.05) is 17.1 Å². The van der Waals surface area contributed by atoms with Gasteiger partial charge in [-0.15, -0.1) is 16.4 Å². The van der Waals surface area contributed by atoms with E-state index in [2.05, 4.69) is 20.6 Å². The van der Waals surface area contributed by atoms with E-state index in [0.29, 0.717) is 15.6 Å². The fourth-order valence-corrected chi connectivity index (χ4v) is 3.91. The van der Waals surface area contributed by atoms with Gasteiger partial charge in [-0.2, -0.15) is 5.10 Å². The fraction of sp³-hybridized carbons (Fsp3) is 0.125. The molecular weight excluding hydrogens is 362 g/mol. The Hall–Kier alpha value is -2.71. The maximum atomic E-state index is 12.5. The van der Waals surface area contributed by atoms with Crippen LogP contribution in [0.2, 0.25) is 5.02 Å². The Morgan fingerprint density at radius 2 is 2.12 bits per heavy atom. The van der Waals surface area contributed by atoms with Crippen molar-refractivity contribution in [3.63, 3.8) is 0 Å². The Kier molecular flexibility index (Phi) is 3.78. The summed E-state index contributed by atoms with van der Waals surface area (Å²) >= 11 is 7.63. The molecule has 0 aliphatic carbocycles. The lowest BCUT2D eigenvalue weighted by atomic mass is 10.2. The predicted molar refractivity (Wildman–Crippen MR) is 96.0 cm³/mol. The molecule has 0 aliphatic heterocycles. The molecule has 0 bridgehead atoms. The Balaban J connectivity index is 1.61. The number of benzene rings is 1. The van der Waals surface area contributed by atoms with E-state index in [1.165, 1.54) is 11.3 Å². The second kappa shape index (κ2) is 5.98. The summed E-state index contributed by atoms with van der Waals surface area (Å²) in [5.74, 6) is -0.108. The molecule has 0 unspecified atom stereocenters. The zero-order valence-electron chi connectivity index (χ0n) is 13.3. The van der Waals surface area contributed by atoms with E-state index in [0.717, 1.165) is 15.8 Å². The van der Waals surface area contributed by atoms with Crippen molar-refractivity contribution < 1.29 is 9.21 Å². The molecule has 3 aromatic heterocycles. The minimum Gasteiger partial charge on any atom is -0.401 e. The van der Waals surface area contributed by atoms with E-state index in [4.69, 9.17) is 16.0 Å². The lowest BCUT2D eigenvalue weighted by Crippen LogP contribution is -2.10. The third-order valence-corrected chi connectivity index (χ3v) is 5.28. The number of aryl methyl sites for hydroxylation is 2. The minimum atomic E-state index is -0.386. The molecule has 0 spiro atoms. The highest BCUT2D eigenvalue weighted by atomic mass is 35.5. The van der Waals surface area contributed by atoms with E-state index in [1.54, 1.807) is 11.7 Å². The molecule has 25 heavy (non-hydrogen) atoms.